The Bertz CT molecular complexity index is 648. The smallest absolute Gasteiger partial charge is 0.412 e. The molecule has 1 fully saturated rings. The van der Waals surface area contributed by atoms with Crippen molar-refractivity contribution in [3.63, 3.8) is 0 Å². The molecule has 26 heavy (non-hydrogen) atoms. The van der Waals surface area contributed by atoms with Crippen LogP contribution in [0.4, 0.5) is 10.5 Å². The van der Waals surface area contributed by atoms with Gasteiger partial charge < -0.3 is 14.2 Å². The molecule has 1 aliphatic heterocycles. The maximum Gasteiger partial charge on any atom is 0.412 e. The van der Waals surface area contributed by atoms with Crippen molar-refractivity contribution in [2.24, 2.45) is 0 Å². The minimum absolute atomic E-state index is 0.123. The first kappa shape index (κ1) is 20.2. The standard InChI is InChI=1S/C19H28N2O5/c1-13(21-8-10-25-11-9-21)14-6-7-16(15(12-14)17(22)24-5)20-18(23)26-19(2,3)4/h6-7,12-13H,8-11H2,1-5H3,(H,20,23). The lowest BCUT2D eigenvalue weighted by molar-refractivity contribution is 0.0198. The lowest BCUT2D eigenvalue weighted by Gasteiger charge is -2.32. The van der Waals surface area contributed by atoms with Crippen LogP contribution in [0, 0.1) is 0 Å². The van der Waals surface area contributed by atoms with Crippen LogP contribution in [0.3, 0.4) is 0 Å². The predicted molar refractivity (Wildman–Crippen MR) is 98.4 cm³/mol. The summed E-state index contributed by atoms with van der Waals surface area (Å²) in [5.41, 5.74) is 1.02. The van der Waals surface area contributed by atoms with Gasteiger partial charge in [-0.2, -0.15) is 0 Å². The number of ether oxygens (including phenoxy) is 3. The topological polar surface area (TPSA) is 77.1 Å². The molecule has 1 unspecified atom stereocenters. The van der Waals surface area contributed by atoms with Gasteiger partial charge in [0.05, 0.1) is 31.6 Å². The van der Waals surface area contributed by atoms with Crippen LogP contribution < -0.4 is 5.32 Å². The lowest BCUT2D eigenvalue weighted by atomic mass is 10.0. The van der Waals surface area contributed by atoms with Crippen LogP contribution in [0.15, 0.2) is 18.2 Å². The quantitative estimate of drug-likeness (QED) is 0.827. The molecule has 1 saturated heterocycles. The van der Waals surface area contributed by atoms with Gasteiger partial charge in [0.15, 0.2) is 0 Å². The number of benzene rings is 1. The Morgan fingerprint density at radius 3 is 2.46 bits per heavy atom. The number of esters is 1. The van der Waals surface area contributed by atoms with Gasteiger partial charge in [-0.1, -0.05) is 6.07 Å². The third-order valence-corrected chi connectivity index (χ3v) is 4.16. The number of nitrogens with one attached hydrogen (secondary N) is 1. The molecule has 1 heterocycles. The average Bonchev–Trinajstić information content (AvgIpc) is 2.60. The number of carbonyl (C=O) groups is 2. The van der Waals surface area contributed by atoms with Gasteiger partial charge in [-0.3, -0.25) is 10.2 Å². The molecule has 0 aromatic heterocycles. The molecule has 144 valence electrons. The number of amides is 1. The van der Waals surface area contributed by atoms with Crippen molar-refractivity contribution in [2.45, 2.75) is 39.3 Å². The van der Waals surface area contributed by atoms with Crippen molar-refractivity contribution in [3.05, 3.63) is 29.3 Å². The van der Waals surface area contributed by atoms with Crippen molar-refractivity contribution >= 4 is 17.7 Å². The van der Waals surface area contributed by atoms with Gasteiger partial charge in [-0.15, -0.1) is 0 Å². The summed E-state index contributed by atoms with van der Waals surface area (Å²) in [7, 11) is 1.32. The molecule has 2 rings (SSSR count). The summed E-state index contributed by atoms with van der Waals surface area (Å²) < 4.78 is 15.5. The van der Waals surface area contributed by atoms with Crippen LogP contribution in [0.5, 0.6) is 0 Å². The molecule has 1 N–H and O–H groups in total. The normalized spacial score (nSPS) is 16.7. The molecule has 1 aromatic rings. The van der Waals surface area contributed by atoms with Gasteiger partial charge in [-0.05, 0) is 45.4 Å². The molecule has 1 aromatic carbocycles. The third kappa shape index (κ3) is 5.44. The molecule has 7 heteroatoms. The van der Waals surface area contributed by atoms with Crippen LogP contribution in [0.2, 0.25) is 0 Å². The van der Waals surface area contributed by atoms with Gasteiger partial charge in [0.1, 0.15) is 5.60 Å². The Balaban J connectivity index is 2.23. The average molecular weight is 364 g/mol. The Morgan fingerprint density at radius 1 is 1.23 bits per heavy atom. The molecule has 7 nitrogen and oxygen atoms in total. The Hall–Kier alpha value is -2.12. The van der Waals surface area contributed by atoms with E-state index in [2.05, 4.69) is 17.1 Å². The Kier molecular flexibility index (Phi) is 6.61. The number of hydrogen-bond donors (Lipinski definition) is 1. The van der Waals surface area contributed by atoms with Crippen LogP contribution in [-0.2, 0) is 14.2 Å². The van der Waals surface area contributed by atoms with E-state index in [1.807, 2.05) is 6.07 Å². The molecular weight excluding hydrogens is 336 g/mol. The highest BCUT2D eigenvalue weighted by Gasteiger charge is 2.23. The van der Waals surface area contributed by atoms with E-state index >= 15 is 0 Å². The highest BCUT2D eigenvalue weighted by atomic mass is 16.6. The number of rotatable bonds is 4. The Morgan fingerprint density at radius 2 is 1.88 bits per heavy atom. The van der Waals surface area contributed by atoms with Crippen molar-refractivity contribution < 1.29 is 23.8 Å². The van der Waals surface area contributed by atoms with E-state index < -0.39 is 17.7 Å². The summed E-state index contributed by atoms with van der Waals surface area (Å²) in [5, 5.41) is 2.63. The van der Waals surface area contributed by atoms with E-state index in [1.54, 1.807) is 32.9 Å². The van der Waals surface area contributed by atoms with Crippen LogP contribution in [-0.4, -0.2) is 56.0 Å². The summed E-state index contributed by atoms with van der Waals surface area (Å²) in [6, 6.07) is 5.50. The molecule has 1 amide bonds. The highest BCUT2D eigenvalue weighted by molar-refractivity contribution is 5.99. The highest BCUT2D eigenvalue weighted by Crippen LogP contribution is 2.27. The minimum Gasteiger partial charge on any atom is -0.465 e. The fourth-order valence-electron chi connectivity index (χ4n) is 2.80. The SMILES string of the molecule is COC(=O)c1cc(C(C)N2CCOCC2)ccc1NC(=O)OC(C)(C)C. The molecule has 0 radical (unpaired) electrons. The van der Waals surface area contributed by atoms with Crippen LogP contribution >= 0.6 is 0 Å². The van der Waals surface area contributed by atoms with Crippen molar-refractivity contribution in [1.29, 1.82) is 0 Å². The first-order valence-corrected chi connectivity index (χ1v) is 8.75. The molecule has 0 spiro atoms. The molecule has 0 bridgehead atoms. The van der Waals surface area contributed by atoms with Gasteiger partial charge >= 0.3 is 12.1 Å². The molecule has 0 saturated carbocycles. The third-order valence-electron chi connectivity index (χ3n) is 4.16. The second kappa shape index (κ2) is 8.51. The maximum atomic E-state index is 12.2. The van der Waals surface area contributed by atoms with Gasteiger partial charge in [-0.25, -0.2) is 9.59 Å². The number of morpholine rings is 1. The van der Waals surface area contributed by atoms with Crippen LogP contribution in [0.25, 0.3) is 0 Å². The van der Waals surface area contributed by atoms with Crippen molar-refractivity contribution in [2.75, 3.05) is 38.7 Å². The molecule has 1 aliphatic rings. The fraction of sp³-hybridized carbons (Fsp3) is 0.579. The second-order valence-electron chi connectivity index (χ2n) is 7.25. The molecule has 0 aliphatic carbocycles. The second-order valence-corrected chi connectivity index (χ2v) is 7.25. The van der Waals surface area contributed by atoms with E-state index in [-0.39, 0.29) is 6.04 Å². The van der Waals surface area contributed by atoms with E-state index in [1.165, 1.54) is 7.11 Å². The number of anilines is 1. The Labute approximate surface area is 154 Å². The molecular formula is C19H28N2O5. The zero-order chi connectivity index (χ0) is 19.3. The van der Waals surface area contributed by atoms with E-state index in [4.69, 9.17) is 14.2 Å². The minimum atomic E-state index is -0.625. The zero-order valence-corrected chi connectivity index (χ0v) is 16.1. The van der Waals surface area contributed by atoms with Gasteiger partial charge in [0, 0.05) is 19.1 Å². The summed E-state index contributed by atoms with van der Waals surface area (Å²) in [6.45, 7) is 10.5. The van der Waals surface area contributed by atoms with E-state index in [0.717, 1.165) is 18.7 Å². The van der Waals surface area contributed by atoms with E-state index in [9.17, 15) is 9.59 Å². The lowest BCUT2D eigenvalue weighted by Crippen LogP contribution is -2.38. The summed E-state index contributed by atoms with van der Waals surface area (Å²) in [5.74, 6) is -0.507. The number of carbonyl (C=O) groups excluding carboxylic acids is 2. The number of methoxy groups -OCH3 is 1. The van der Waals surface area contributed by atoms with Crippen molar-refractivity contribution in [3.8, 4) is 0 Å². The summed E-state index contributed by atoms with van der Waals surface area (Å²) in [6.07, 6.45) is -0.614. The van der Waals surface area contributed by atoms with Gasteiger partial charge in [0.2, 0.25) is 0 Å². The predicted octanol–water partition coefficient (Wildman–Crippen LogP) is 3.21. The van der Waals surface area contributed by atoms with Crippen molar-refractivity contribution in [1.82, 2.24) is 4.90 Å². The first-order valence-electron chi connectivity index (χ1n) is 8.75. The fourth-order valence-corrected chi connectivity index (χ4v) is 2.80. The number of hydrogen-bond acceptors (Lipinski definition) is 6. The van der Waals surface area contributed by atoms with Crippen LogP contribution in [0.1, 0.15) is 49.7 Å². The monoisotopic (exact) mass is 364 g/mol. The molecule has 1 atom stereocenters. The maximum absolute atomic E-state index is 12.2. The van der Waals surface area contributed by atoms with E-state index in [0.29, 0.717) is 24.5 Å². The zero-order valence-electron chi connectivity index (χ0n) is 16.1. The largest absolute Gasteiger partial charge is 0.465 e. The van der Waals surface area contributed by atoms with Gasteiger partial charge in [0.25, 0.3) is 0 Å². The summed E-state index contributed by atoms with van der Waals surface area (Å²) >= 11 is 0. The number of nitrogens with zero attached hydrogens (tertiary/aromatic N) is 1. The first-order chi connectivity index (χ1) is 12.2. The summed E-state index contributed by atoms with van der Waals surface area (Å²) in [4.78, 5) is 26.5.